The van der Waals surface area contributed by atoms with Gasteiger partial charge < -0.3 is 14.8 Å². The fraction of sp³-hybridized carbons (Fsp3) is 0.357. The summed E-state index contributed by atoms with van der Waals surface area (Å²) in [6.07, 6.45) is 3.69. The number of rotatable bonds is 7. The van der Waals surface area contributed by atoms with E-state index in [1.165, 1.54) is 12.7 Å². The van der Waals surface area contributed by atoms with E-state index in [-0.39, 0.29) is 11.8 Å². The molecule has 1 fully saturated rings. The first-order valence-corrected chi connectivity index (χ1v) is 11.5. The lowest BCUT2D eigenvalue weighted by molar-refractivity contribution is -0.144. The molecule has 0 bridgehead atoms. The molecule has 1 N–H and O–H groups in total. The molecule has 0 radical (unpaired) electrons. The highest BCUT2D eigenvalue weighted by Crippen LogP contribution is 2.10. The van der Waals surface area contributed by atoms with Gasteiger partial charge in [0.25, 0.3) is 5.91 Å². The van der Waals surface area contributed by atoms with E-state index >= 15 is 0 Å². The Bertz CT molecular complexity index is 1040. The van der Waals surface area contributed by atoms with E-state index in [1.807, 2.05) is 44.2 Å². The largest absolute Gasteiger partial charge is 0.467 e. The molecule has 6 heteroatoms. The number of amides is 1. The minimum atomic E-state index is -0.680. The Kier molecular flexibility index (Phi) is 9.45. The van der Waals surface area contributed by atoms with Crippen molar-refractivity contribution in [2.24, 2.45) is 5.92 Å². The highest BCUT2D eigenvalue weighted by Gasteiger charge is 2.25. The van der Waals surface area contributed by atoms with Crippen molar-refractivity contribution in [1.29, 1.82) is 0 Å². The molecule has 0 unspecified atom stereocenters. The minimum Gasteiger partial charge on any atom is -0.467 e. The van der Waals surface area contributed by atoms with Gasteiger partial charge in [-0.3, -0.25) is 9.69 Å². The third-order valence-corrected chi connectivity index (χ3v) is 5.62. The number of hydrogen-bond donors (Lipinski definition) is 1. The lowest BCUT2D eigenvalue weighted by Crippen LogP contribution is -2.45. The van der Waals surface area contributed by atoms with Crippen molar-refractivity contribution in [3.8, 4) is 11.8 Å². The van der Waals surface area contributed by atoms with Crippen LogP contribution in [0, 0.1) is 17.8 Å². The highest BCUT2D eigenvalue weighted by atomic mass is 16.5. The Morgan fingerprint density at radius 2 is 1.76 bits per heavy atom. The van der Waals surface area contributed by atoms with Crippen molar-refractivity contribution < 1.29 is 19.1 Å². The second kappa shape index (κ2) is 12.7. The van der Waals surface area contributed by atoms with Crippen LogP contribution in [-0.2, 0) is 20.8 Å². The Labute approximate surface area is 201 Å². The number of methoxy groups -OCH3 is 1. The molecule has 34 heavy (non-hydrogen) atoms. The summed E-state index contributed by atoms with van der Waals surface area (Å²) in [6.45, 7) is 8.21. The number of nitrogens with zero attached hydrogens (tertiary/aromatic N) is 1. The summed E-state index contributed by atoms with van der Waals surface area (Å²) in [5.41, 5.74) is 3.65. The van der Waals surface area contributed by atoms with E-state index in [2.05, 4.69) is 34.2 Å². The number of carbonyl (C=O) groups excluding carboxylic acids is 2. The van der Waals surface area contributed by atoms with Crippen LogP contribution in [0.3, 0.4) is 0 Å². The third kappa shape index (κ3) is 7.58. The topological polar surface area (TPSA) is 67.9 Å². The van der Waals surface area contributed by atoms with Gasteiger partial charge in [0.1, 0.15) is 6.04 Å². The molecule has 1 atom stereocenters. The van der Waals surface area contributed by atoms with E-state index in [0.29, 0.717) is 5.56 Å². The first-order valence-electron chi connectivity index (χ1n) is 11.5. The zero-order valence-electron chi connectivity index (χ0n) is 20.0. The molecule has 1 heterocycles. The summed E-state index contributed by atoms with van der Waals surface area (Å²) in [7, 11) is 1.32. The second-order valence-electron chi connectivity index (χ2n) is 8.53. The van der Waals surface area contributed by atoms with Gasteiger partial charge in [0.05, 0.1) is 20.3 Å². The van der Waals surface area contributed by atoms with Crippen LogP contribution in [0.1, 0.15) is 40.9 Å². The number of morpholine rings is 1. The van der Waals surface area contributed by atoms with Gasteiger partial charge >= 0.3 is 5.97 Å². The molecule has 1 saturated heterocycles. The van der Waals surface area contributed by atoms with Gasteiger partial charge in [0, 0.05) is 30.8 Å². The Morgan fingerprint density at radius 1 is 1.09 bits per heavy atom. The predicted molar refractivity (Wildman–Crippen MR) is 133 cm³/mol. The maximum absolute atomic E-state index is 12.5. The summed E-state index contributed by atoms with van der Waals surface area (Å²) >= 11 is 0. The van der Waals surface area contributed by atoms with Crippen LogP contribution in [0.5, 0.6) is 0 Å². The van der Waals surface area contributed by atoms with Crippen LogP contribution in [0.2, 0.25) is 0 Å². The SMILES string of the molecule is COC(=O)[C@@H](NC(=O)c1ccc(C=CC#Cc2ccc(CN3CCOCC3)cc2)cc1)C(C)C. The number of benzene rings is 2. The number of allylic oxidation sites excluding steroid dienone is 1. The Hall–Kier alpha value is -3.40. The predicted octanol–water partition coefficient (Wildman–Crippen LogP) is 3.51. The Balaban J connectivity index is 1.52. The lowest BCUT2D eigenvalue weighted by atomic mass is 10.0. The maximum Gasteiger partial charge on any atom is 0.328 e. The standard InChI is InChI=1S/C28H32N2O4/c1-21(2)26(28(32)33-3)29-27(31)25-14-12-23(13-15-25)7-5-4-6-22-8-10-24(11-9-22)20-30-16-18-34-19-17-30/h5,7-15,21,26H,16-20H2,1-3H3,(H,29,31)/t26-/m0/s1. The van der Waals surface area contributed by atoms with E-state index in [1.54, 1.807) is 18.2 Å². The summed E-state index contributed by atoms with van der Waals surface area (Å²) in [5.74, 6) is 5.37. The average molecular weight is 461 g/mol. The van der Waals surface area contributed by atoms with Gasteiger partial charge in [0.2, 0.25) is 0 Å². The zero-order chi connectivity index (χ0) is 24.3. The smallest absolute Gasteiger partial charge is 0.328 e. The van der Waals surface area contributed by atoms with Crippen LogP contribution in [0.25, 0.3) is 6.08 Å². The van der Waals surface area contributed by atoms with Gasteiger partial charge in [0.15, 0.2) is 0 Å². The summed E-state index contributed by atoms with van der Waals surface area (Å²) in [5, 5.41) is 2.74. The average Bonchev–Trinajstić information content (AvgIpc) is 2.86. The van der Waals surface area contributed by atoms with Crippen molar-refractivity contribution in [3.63, 3.8) is 0 Å². The normalized spacial score (nSPS) is 14.9. The quantitative estimate of drug-likeness (QED) is 0.506. The maximum atomic E-state index is 12.5. The van der Waals surface area contributed by atoms with Crippen LogP contribution in [0.15, 0.2) is 54.6 Å². The van der Waals surface area contributed by atoms with E-state index in [4.69, 9.17) is 9.47 Å². The first-order chi connectivity index (χ1) is 16.5. The Morgan fingerprint density at radius 3 is 2.38 bits per heavy atom. The van der Waals surface area contributed by atoms with Crippen molar-refractivity contribution >= 4 is 18.0 Å². The number of ether oxygens (including phenoxy) is 2. The lowest BCUT2D eigenvalue weighted by Gasteiger charge is -2.26. The molecule has 3 rings (SSSR count). The summed E-state index contributed by atoms with van der Waals surface area (Å²) < 4.78 is 10.2. The summed E-state index contributed by atoms with van der Waals surface area (Å²) in [4.78, 5) is 26.7. The minimum absolute atomic E-state index is 0.0712. The molecule has 0 aromatic heterocycles. The molecule has 6 nitrogen and oxygen atoms in total. The van der Waals surface area contributed by atoms with E-state index in [0.717, 1.165) is 44.0 Å². The van der Waals surface area contributed by atoms with Gasteiger partial charge in [-0.2, -0.15) is 0 Å². The van der Waals surface area contributed by atoms with Crippen LogP contribution < -0.4 is 5.32 Å². The summed E-state index contributed by atoms with van der Waals surface area (Å²) in [6, 6.07) is 14.8. The molecule has 1 amide bonds. The molecular weight excluding hydrogens is 428 g/mol. The molecule has 0 aliphatic carbocycles. The van der Waals surface area contributed by atoms with Gasteiger partial charge in [-0.25, -0.2) is 4.79 Å². The molecule has 178 valence electrons. The highest BCUT2D eigenvalue weighted by molar-refractivity contribution is 5.97. The molecule has 0 saturated carbocycles. The molecular formula is C28H32N2O4. The van der Waals surface area contributed by atoms with E-state index in [9.17, 15) is 9.59 Å². The first kappa shape index (κ1) is 25.2. The van der Waals surface area contributed by atoms with Crippen LogP contribution >= 0.6 is 0 Å². The van der Waals surface area contributed by atoms with Gasteiger partial charge in [-0.05, 0) is 53.5 Å². The monoisotopic (exact) mass is 460 g/mol. The van der Waals surface area contributed by atoms with Gasteiger partial charge in [-0.15, -0.1) is 0 Å². The second-order valence-corrected chi connectivity index (χ2v) is 8.53. The van der Waals surface area contributed by atoms with Crippen molar-refractivity contribution in [1.82, 2.24) is 10.2 Å². The molecule has 2 aromatic carbocycles. The fourth-order valence-electron chi connectivity index (χ4n) is 3.57. The van der Waals surface area contributed by atoms with E-state index < -0.39 is 12.0 Å². The van der Waals surface area contributed by atoms with Crippen molar-refractivity contribution in [3.05, 3.63) is 76.9 Å². The molecule has 2 aromatic rings. The van der Waals surface area contributed by atoms with Crippen molar-refractivity contribution in [2.45, 2.75) is 26.4 Å². The molecule has 0 spiro atoms. The number of esters is 1. The van der Waals surface area contributed by atoms with Crippen LogP contribution in [0.4, 0.5) is 0 Å². The number of hydrogen-bond acceptors (Lipinski definition) is 5. The fourth-order valence-corrected chi connectivity index (χ4v) is 3.57. The van der Waals surface area contributed by atoms with Crippen molar-refractivity contribution in [2.75, 3.05) is 33.4 Å². The van der Waals surface area contributed by atoms with Crippen LogP contribution in [-0.4, -0.2) is 56.2 Å². The van der Waals surface area contributed by atoms with Gasteiger partial charge in [-0.1, -0.05) is 50.0 Å². The number of carbonyl (C=O) groups is 2. The third-order valence-electron chi connectivity index (χ3n) is 5.62. The zero-order valence-corrected chi connectivity index (χ0v) is 20.0. The number of nitrogens with one attached hydrogen (secondary N) is 1. The molecule has 1 aliphatic heterocycles. The molecule has 1 aliphatic rings.